The van der Waals surface area contributed by atoms with Crippen LogP contribution in [0, 0.1) is 0 Å². The van der Waals surface area contributed by atoms with Crippen molar-refractivity contribution in [3.05, 3.63) is 39.9 Å². The van der Waals surface area contributed by atoms with Gasteiger partial charge < -0.3 is 0 Å². The standard InChI is InChI=1S/C13H15Br/c1-2-3-5-10-8-9-12-11(10)6-4-7-13(12)14/h4,6-8H,2-3,5,9H2,1H3. The molecule has 74 valence electrons. The zero-order valence-corrected chi connectivity index (χ0v) is 10.1. The normalized spacial score (nSPS) is 14.0. The Hall–Kier alpha value is -0.560. The van der Waals surface area contributed by atoms with Gasteiger partial charge in [-0.25, -0.2) is 0 Å². The minimum absolute atomic E-state index is 1.11. The number of unbranched alkanes of at least 4 members (excludes halogenated alkanes) is 1. The number of hydrogen-bond donors (Lipinski definition) is 0. The monoisotopic (exact) mass is 250 g/mol. The second-order valence-corrected chi connectivity index (χ2v) is 4.66. The summed E-state index contributed by atoms with van der Waals surface area (Å²) in [5.74, 6) is 0. The van der Waals surface area contributed by atoms with Crippen molar-refractivity contribution in [3.8, 4) is 0 Å². The number of halogens is 1. The molecule has 0 aromatic heterocycles. The zero-order valence-electron chi connectivity index (χ0n) is 8.52. The Labute approximate surface area is 94.2 Å². The van der Waals surface area contributed by atoms with Gasteiger partial charge in [0.05, 0.1) is 0 Å². The summed E-state index contributed by atoms with van der Waals surface area (Å²) in [6, 6.07) is 6.51. The third-order valence-electron chi connectivity index (χ3n) is 2.82. The van der Waals surface area contributed by atoms with Gasteiger partial charge in [-0.15, -0.1) is 0 Å². The van der Waals surface area contributed by atoms with Crippen molar-refractivity contribution in [1.82, 2.24) is 0 Å². The average molecular weight is 251 g/mol. The molecule has 0 fully saturated rings. The van der Waals surface area contributed by atoms with E-state index >= 15 is 0 Å². The van der Waals surface area contributed by atoms with E-state index < -0.39 is 0 Å². The molecule has 0 heterocycles. The molecule has 1 aromatic carbocycles. The van der Waals surface area contributed by atoms with Crippen LogP contribution in [0.3, 0.4) is 0 Å². The molecule has 0 spiro atoms. The molecule has 2 rings (SSSR count). The Bertz CT molecular complexity index is 363. The lowest BCUT2D eigenvalue weighted by atomic mass is 10.0. The molecule has 0 nitrogen and oxygen atoms in total. The van der Waals surface area contributed by atoms with Crippen LogP contribution in [0.2, 0.25) is 0 Å². The molecule has 1 heteroatoms. The molecular formula is C13H15Br. The van der Waals surface area contributed by atoms with E-state index in [1.807, 2.05) is 0 Å². The van der Waals surface area contributed by atoms with E-state index in [1.54, 1.807) is 5.57 Å². The summed E-state index contributed by atoms with van der Waals surface area (Å²) >= 11 is 3.61. The summed E-state index contributed by atoms with van der Waals surface area (Å²) in [7, 11) is 0. The number of fused-ring (bicyclic) bond motifs is 1. The van der Waals surface area contributed by atoms with Gasteiger partial charge in [0.1, 0.15) is 0 Å². The first-order chi connectivity index (χ1) is 6.83. The molecule has 0 radical (unpaired) electrons. The van der Waals surface area contributed by atoms with Crippen molar-refractivity contribution < 1.29 is 0 Å². The van der Waals surface area contributed by atoms with Crippen molar-refractivity contribution in [3.63, 3.8) is 0 Å². The quantitative estimate of drug-likeness (QED) is 0.737. The van der Waals surface area contributed by atoms with Crippen LogP contribution in [-0.2, 0) is 6.42 Å². The van der Waals surface area contributed by atoms with E-state index in [2.05, 4.69) is 47.1 Å². The predicted octanol–water partition coefficient (Wildman–Crippen LogP) is 4.58. The average Bonchev–Trinajstić information content (AvgIpc) is 2.60. The lowest BCUT2D eigenvalue weighted by Crippen LogP contribution is -1.86. The third-order valence-corrected chi connectivity index (χ3v) is 3.56. The fraction of sp³-hybridized carbons (Fsp3) is 0.385. The number of rotatable bonds is 3. The second-order valence-electron chi connectivity index (χ2n) is 3.80. The molecule has 0 unspecified atom stereocenters. The Balaban J connectivity index is 2.24. The van der Waals surface area contributed by atoms with Crippen LogP contribution in [-0.4, -0.2) is 0 Å². The largest absolute Gasteiger partial charge is 0.0762 e. The highest BCUT2D eigenvalue weighted by Crippen LogP contribution is 2.34. The van der Waals surface area contributed by atoms with Crippen LogP contribution in [0.4, 0.5) is 0 Å². The van der Waals surface area contributed by atoms with Crippen molar-refractivity contribution in [2.75, 3.05) is 0 Å². The molecule has 0 atom stereocenters. The van der Waals surface area contributed by atoms with Gasteiger partial charge >= 0.3 is 0 Å². The first-order valence-electron chi connectivity index (χ1n) is 5.29. The van der Waals surface area contributed by atoms with Crippen LogP contribution < -0.4 is 0 Å². The lowest BCUT2D eigenvalue weighted by Gasteiger charge is -2.06. The van der Waals surface area contributed by atoms with Gasteiger partial charge in [0.2, 0.25) is 0 Å². The van der Waals surface area contributed by atoms with Crippen molar-refractivity contribution in [2.45, 2.75) is 32.6 Å². The third kappa shape index (κ3) is 1.78. The highest BCUT2D eigenvalue weighted by atomic mass is 79.9. The minimum Gasteiger partial charge on any atom is -0.0762 e. The van der Waals surface area contributed by atoms with Gasteiger partial charge in [-0.3, -0.25) is 0 Å². The van der Waals surface area contributed by atoms with Gasteiger partial charge in [-0.05, 0) is 42.0 Å². The van der Waals surface area contributed by atoms with E-state index in [0.29, 0.717) is 0 Å². The maximum atomic E-state index is 3.61. The van der Waals surface area contributed by atoms with Crippen molar-refractivity contribution in [1.29, 1.82) is 0 Å². The maximum Gasteiger partial charge on any atom is 0.0216 e. The van der Waals surface area contributed by atoms with E-state index in [9.17, 15) is 0 Å². The Morgan fingerprint density at radius 3 is 3.00 bits per heavy atom. The topological polar surface area (TPSA) is 0 Å². The molecule has 0 aliphatic heterocycles. The molecule has 14 heavy (non-hydrogen) atoms. The summed E-state index contributed by atoms with van der Waals surface area (Å²) < 4.78 is 1.26. The SMILES string of the molecule is CCCCC1=CCc2c(Br)cccc21. The van der Waals surface area contributed by atoms with E-state index in [0.717, 1.165) is 6.42 Å². The first-order valence-corrected chi connectivity index (χ1v) is 6.09. The fourth-order valence-electron chi connectivity index (χ4n) is 2.01. The molecule has 0 saturated carbocycles. The summed E-state index contributed by atoms with van der Waals surface area (Å²) in [4.78, 5) is 0. The van der Waals surface area contributed by atoms with Crippen LogP contribution >= 0.6 is 15.9 Å². The summed E-state index contributed by atoms with van der Waals surface area (Å²) in [5, 5.41) is 0. The Kier molecular flexibility index (Phi) is 3.07. The Morgan fingerprint density at radius 2 is 2.21 bits per heavy atom. The maximum absolute atomic E-state index is 3.61. The molecule has 1 aromatic rings. The van der Waals surface area contributed by atoms with Gasteiger partial charge in [-0.2, -0.15) is 0 Å². The Morgan fingerprint density at radius 1 is 1.36 bits per heavy atom. The summed E-state index contributed by atoms with van der Waals surface area (Å²) in [6.07, 6.45) is 7.30. The fourth-order valence-corrected chi connectivity index (χ4v) is 2.53. The van der Waals surface area contributed by atoms with Crippen molar-refractivity contribution >= 4 is 21.5 Å². The van der Waals surface area contributed by atoms with Crippen LogP contribution in [0.25, 0.3) is 5.57 Å². The summed E-state index contributed by atoms with van der Waals surface area (Å²) in [5.41, 5.74) is 4.48. The van der Waals surface area contributed by atoms with E-state index in [1.165, 1.54) is 34.9 Å². The zero-order chi connectivity index (χ0) is 9.97. The van der Waals surface area contributed by atoms with Gasteiger partial charge in [0, 0.05) is 4.47 Å². The highest BCUT2D eigenvalue weighted by molar-refractivity contribution is 9.10. The molecule has 0 N–H and O–H groups in total. The molecule has 0 amide bonds. The van der Waals surface area contributed by atoms with E-state index in [-0.39, 0.29) is 0 Å². The second kappa shape index (κ2) is 4.31. The number of allylic oxidation sites excluding steroid dienone is 2. The highest BCUT2D eigenvalue weighted by Gasteiger charge is 2.14. The predicted molar refractivity (Wildman–Crippen MR) is 65.3 cm³/mol. The van der Waals surface area contributed by atoms with Crippen LogP contribution in [0.1, 0.15) is 37.3 Å². The van der Waals surface area contributed by atoms with E-state index in [4.69, 9.17) is 0 Å². The number of benzene rings is 1. The molecule has 0 saturated heterocycles. The smallest absolute Gasteiger partial charge is 0.0216 e. The first kappa shape index (κ1) is 9.97. The molecule has 1 aliphatic carbocycles. The van der Waals surface area contributed by atoms with Crippen LogP contribution in [0.15, 0.2) is 28.7 Å². The summed E-state index contributed by atoms with van der Waals surface area (Å²) in [6.45, 7) is 2.25. The molecule has 1 aliphatic rings. The van der Waals surface area contributed by atoms with Gasteiger partial charge in [-0.1, -0.05) is 47.5 Å². The lowest BCUT2D eigenvalue weighted by molar-refractivity contribution is 0.825. The molecule has 0 bridgehead atoms. The van der Waals surface area contributed by atoms with Gasteiger partial charge in [0.25, 0.3) is 0 Å². The van der Waals surface area contributed by atoms with Crippen molar-refractivity contribution in [2.24, 2.45) is 0 Å². The van der Waals surface area contributed by atoms with Crippen LogP contribution in [0.5, 0.6) is 0 Å². The molecular weight excluding hydrogens is 236 g/mol. The van der Waals surface area contributed by atoms with Gasteiger partial charge in [0.15, 0.2) is 0 Å². The minimum atomic E-state index is 1.11. The number of hydrogen-bond acceptors (Lipinski definition) is 0.